The molecule has 1 aromatic rings. The average molecular weight is 335 g/mol. The summed E-state index contributed by atoms with van der Waals surface area (Å²) in [6.07, 6.45) is 0.255. The van der Waals surface area contributed by atoms with Crippen molar-refractivity contribution in [1.82, 2.24) is 5.32 Å². The van der Waals surface area contributed by atoms with Crippen LogP contribution in [0.1, 0.15) is 35.7 Å². The molecule has 1 unspecified atom stereocenters. The molecule has 24 heavy (non-hydrogen) atoms. The molecule has 0 saturated carbocycles. The van der Waals surface area contributed by atoms with E-state index in [0.29, 0.717) is 29.9 Å². The Labute approximate surface area is 139 Å². The number of carbonyl (C=O) groups is 3. The number of rotatable bonds is 7. The van der Waals surface area contributed by atoms with Gasteiger partial charge in [-0.2, -0.15) is 0 Å². The van der Waals surface area contributed by atoms with Crippen molar-refractivity contribution in [3.8, 4) is 5.75 Å². The van der Waals surface area contributed by atoms with E-state index in [2.05, 4.69) is 5.32 Å². The predicted molar refractivity (Wildman–Crippen MR) is 85.3 cm³/mol. The van der Waals surface area contributed by atoms with E-state index in [1.165, 1.54) is 14.0 Å². The smallest absolute Gasteiger partial charge is 0.305 e. The fourth-order valence-electron chi connectivity index (χ4n) is 2.83. The normalized spacial score (nSPS) is 19.8. The Morgan fingerprint density at radius 3 is 2.67 bits per heavy atom. The molecule has 0 radical (unpaired) electrons. The maximum absolute atomic E-state index is 12.4. The van der Waals surface area contributed by atoms with Crippen molar-refractivity contribution in [2.75, 3.05) is 20.3 Å². The molecule has 1 aromatic carbocycles. The van der Waals surface area contributed by atoms with Crippen LogP contribution in [0.15, 0.2) is 18.2 Å². The molecule has 0 bridgehead atoms. The summed E-state index contributed by atoms with van der Waals surface area (Å²) in [4.78, 5) is 35.0. The number of methoxy groups -OCH3 is 1. The summed E-state index contributed by atoms with van der Waals surface area (Å²) in [7, 11) is 1.49. The number of ketones is 1. The second-order valence-corrected chi connectivity index (χ2v) is 5.96. The van der Waals surface area contributed by atoms with Crippen molar-refractivity contribution in [3.05, 3.63) is 29.3 Å². The van der Waals surface area contributed by atoms with Gasteiger partial charge in [-0.25, -0.2) is 0 Å². The van der Waals surface area contributed by atoms with Gasteiger partial charge in [-0.3, -0.25) is 14.4 Å². The van der Waals surface area contributed by atoms with Crippen LogP contribution in [-0.2, 0) is 20.7 Å². The standard InChI is InChI=1S/C17H21NO6/c1-11(19)12-3-4-14(23-2)13(7-12)8-15(20)18-17(9-16(21)22)5-6-24-10-17/h3-4,7H,5-6,8-10H2,1-2H3,(H,18,20)(H,21,22). The zero-order valence-electron chi connectivity index (χ0n) is 13.8. The van der Waals surface area contributed by atoms with E-state index in [1.54, 1.807) is 18.2 Å². The lowest BCUT2D eigenvalue weighted by molar-refractivity contribution is -0.139. The monoisotopic (exact) mass is 335 g/mol. The van der Waals surface area contributed by atoms with Crippen LogP contribution in [0.25, 0.3) is 0 Å². The first kappa shape index (κ1) is 17.9. The Hall–Kier alpha value is -2.41. The van der Waals surface area contributed by atoms with E-state index in [4.69, 9.17) is 14.6 Å². The molecule has 1 aliphatic heterocycles. The molecule has 130 valence electrons. The highest BCUT2D eigenvalue weighted by Gasteiger charge is 2.38. The molecule has 1 heterocycles. The summed E-state index contributed by atoms with van der Waals surface area (Å²) < 4.78 is 10.5. The molecular weight excluding hydrogens is 314 g/mol. The third-order valence-corrected chi connectivity index (χ3v) is 4.04. The van der Waals surface area contributed by atoms with Crippen molar-refractivity contribution in [1.29, 1.82) is 0 Å². The largest absolute Gasteiger partial charge is 0.496 e. The number of hydrogen-bond donors (Lipinski definition) is 2. The zero-order chi connectivity index (χ0) is 17.7. The second kappa shape index (κ2) is 7.44. The first-order chi connectivity index (χ1) is 11.3. The van der Waals surface area contributed by atoms with Crippen LogP contribution in [0.5, 0.6) is 5.75 Å². The SMILES string of the molecule is COc1ccc(C(C)=O)cc1CC(=O)NC1(CC(=O)O)CCOC1. The van der Waals surface area contributed by atoms with E-state index in [-0.39, 0.29) is 31.1 Å². The summed E-state index contributed by atoms with van der Waals surface area (Å²) in [5, 5.41) is 11.8. The van der Waals surface area contributed by atoms with Gasteiger partial charge < -0.3 is 19.9 Å². The van der Waals surface area contributed by atoms with Gasteiger partial charge in [-0.05, 0) is 31.5 Å². The first-order valence-electron chi connectivity index (χ1n) is 7.64. The number of ether oxygens (including phenoxy) is 2. The Morgan fingerprint density at radius 1 is 1.38 bits per heavy atom. The highest BCUT2D eigenvalue weighted by Crippen LogP contribution is 2.24. The zero-order valence-corrected chi connectivity index (χ0v) is 13.8. The lowest BCUT2D eigenvalue weighted by atomic mass is 9.93. The Bertz CT molecular complexity index is 648. The van der Waals surface area contributed by atoms with E-state index >= 15 is 0 Å². The number of carboxylic acids is 1. The number of carboxylic acid groups (broad SMARTS) is 1. The van der Waals surface area contributed by atoms with Crippen LogP contribution < -0.4 is 10.1 Å². The van der Waals surface area contributed by atoms with Gasteiger partial charge >= 0.3 is 5.97 Å². The van der Waals surface area contributed by atoms with Gasteiger partial charge in [-0.1, -0.05) is 0 Å². The van der Waals surface area contributed by atoms with Crippen LogP contribution in [0.3, 0.4) is 0 Å². The highest BCUT2D eigenvalue weighted by atomic mass is 16.5. The number of benzene rings is 1. The van der Waals surface area contributed by atoms with Gasteiger partial charge in [0.25, 0.3) is 0 Å². The molecule has 1 fully saturated rings. The van der Waals surface area contributed by atoms with Crippen molar-refractivity contribution in [2.45, 2.75) is 31.7 Å². The van der Waals surface area contributed by atoms with Crippen LogP contribution in [0.2, 0.25) is 0 Å². The summed E-state index contributed by atoms with van der Waals surface area (Å²) in [6.45, 7) is 2.04. The van der Waals surface area contributed by atoms with Crippen LogP contribution in [0.4, 0.5) is 0 Å². The molecular formula is C17H21NO6. The Morgan fingerprint density at radius 2 is 2.12 bits per heavy atom. The summed E-state index contributed by atoms with van der Waals surface area (Å²) in [5.41, 5.74) is 0.184. The van der Waals surface area contributed by atoms with Gasteiger partial charge in [0, 0.05) is 17.7 Å². The number of hydrogen-bond acceptors (Lipinski definition) is 5. The fraction of sp³-hybridized carbons (Fsp3) is 0.471. The van der Waals surface area contributed by atoms with Gasteiger partial charge in [0.15, 0.2) is 5.78 Å². The molecule has 1 aliphatic rings. The highest BCUT2D eigenvalue weighted by molar-refractivity contribution is 5.94. The van der Waals surface area contributed by atoms with Crippen molar-refractivity contribution in [2.24, 2.45) is 0 Å². The number of aliphatic carboxylic acids is 1. The Balaban J connectivity index is 2.15. The third kappa shape index (κ3) is 4.32. The quantitative estimate of drug-likeness (QED) is 0.726. The topological polar surface area (TPSA) is 102 Å². The van der Waals surface area contributed by atoms with Gasteiger partial charge in [0.2, 0.25) is 5.91 Å². The molecule has 1 amide bonds. The number of amides is 1. The van der Waals surface area contributed by atoms with Crippen LogP contribution in [-0.4, -0.2) is 48.6 Å². The third-order valence-electron chi connectivity index (χ3n) is 4.04. The minimum absolute atomic E-state index is 0.00827. The van der Waals surface area contributed by atoms with Gasteiger partial charge in [0.05, 0.1) is 32.1 Å². The van der Waals surface area contributed by atoms with Gasteiger partial charge in [-0.15, -0.1) is 0 Å². The van der Waals surface area contributed by atoms with E-state index < -0.39 is 11.5 Å². The summed E-state index contributed by atoms with van der Waals surface area (Å²) >= 11 is 0. The number of carbonyl (C=O) groups excluding carboxylic acids is 2. The summed E-state index contributed by atoms with van der Waals surface area (Å²) in [5.74, 6) is -0.923. The molecule has 2 N–H and O–H groups in total. The molecule has 0 aliphatic carbocycles. The molecule has 1 saturated heterocycles. The summed E-state index contributed by atoms with van der Waals surface area (Å²) in [6, 6.07) is 4.90. The van der Waals surface area contributed by atoms with Crippen molar-refractivity contribution in [3.63, 3.8) is 0 Å². The van der Waals surface area contributed by atoms with Crippen molar-refractivity contribution < 1.29 is 29.0 Å². The Kier molecular flexibility index (Phi) is 5.56. The van der Waals surface area contributed by atoms with Gasteiger partial charge in [0.1, 0.15) is 5.75 Å². The second-order valence-electron chi connectivity index (χ2n) is 5.96. The molecule has 2 rings (SSSR count). The maximum Gasteiger partial charge on any atom is 0.305 e. The maximum atomic E-state index is 12.4. The minimum atomic E-state index is -0.989. The molecule has 7 nitrogen and oxygen atoms in total. The van der Waals surface area contributed by atoms with E-state index in [0.717, 1.165) is 0 Å². The molecule has 0 aromatic heterocycles. The lowest BCUT2D eigenvalue weighted by Crippen LogP contribution is -2.51. The lowest BCUT2D eigenvalue weighted by Gasteiger charge is -2.27. The van der Waals surface area contributed by atoms with E-state index in [9.17, 15) is 14.4 Å². The predicted octanol–water partition coefficient (Wildman–Crippen LogP) is 1.19. The van der Waals surface area contributed by atoms with Crippen molar-refractivity contribution >= 4 is 17.7 Å². The van der Waals surface area contributed by atoms with Crippen LogP contribution in [0, 0.1) is 0 Å². The first-order valence-corrected chi connectivity index (χ1v) is 7.64. The molecule has 0 spiro atoms. The molecule has 7 heteroatoms. The minimum Gasteiger partial charge on any atom is -0.496 e. The molecule has 1 atom stereocenters. The number of nitrogens with one attached hydrogen (secondary N) is 1. The van der Waals surface area contributed by atoms with E-state index in [1.807, 2.05) is 0 Å². The average Bonchev–Trinajstić information content (AvgIpc) is 2.93. The number of Topliss-reactive ketones (excluding diaryl/α,β-unsaturated/α-hetero) is 1. The fourth-order valence-corrected chi connectivity index (χ4v) is 2.83. The van der Waals surface area contributed by atoms with Crippen LogP contribution >= 0.6 is 0 Å².